The molecule has 0 aromatic carbocycles. The second-order valence-corrected chi connectivity index (χ2v) is 3.78. The van der Waals surface area contributed by atoms with Crippen LogP contribution in [0, 0.1) is 0 Å². The summed E-state index contributed by atoms with van der Waals surface area (Å²) < 4.78 is 5.07. The lowest BCUT2D eigenvalue weighted by Gasteiger charge is -2.06. The summed E-state index contributed by atoms with van der Waals surface area (Å²) in [5, 5.41) is 2.76. The quantitative estimate of drug-likeness (QED) is 0.826. The highest BCUT2D eigenvalue weighted by Crippen LogP contribution is 2.05. The van der Waals surface area contributed by atoms with Gasteiger partial charge in [-0.3, -0.25) is 4.79 Å². The first kappa shape index (κ1) is 10.3. The lowest BCUT2D eigenvalue weighted by molar-refractivity contribution is -0.120. The number of hydrogen-bond donors (Lipinski definition) is 1. The number of nitrogens with one attached hydrogen (secondary N) is 1. The molecule has 0 aliphatic heterocycles. The van der Waals surface area contributed by atoms with Gasteiger partial charge in [0.25, 0.3) is 0 Å². The number of amides is 1. The van der Waals surface area contributed by atoms with E-state index in [1.807, 2.05) is 13.0 Å². The van der Waals surface area contributed by atoms with Crippen molar-refractivity contribution < 1.29 is 9.21 Å². The van der Waals surface area contributed by atoms with Crippen LogP contribution in [0.25, 0.3) is 0 Å². The van der Waals surface area contributed by atoms with E-state index in [4.69, 9.17) is 4.42 Å². The minimum absolute atomic E-state index is 0.00102. The number of halogens is 1. The van der Waals surface area contributed by atoms with E-state index in [1.54, 1.807) is 12.3 Å². The lowest BCUT2D eigenvalue weighted by atomic mass is 10.3. The van der Waals surface area contributed by atoms with Gasteiger partial charge < -0.3 is 9.73 Å². The molecule has 0 bridgehead atoms. The third-order valence-electron chi connectivity index (χ3n) is 1.66. The number of alkyl halides is 1. The Bertz CT molecular complexity index is 259. The highest BCUT2D eigenvalue weighted by Gasteiger charge is 2.11. The molecule has 1 atom stereocenters. The Balaban J connectivity index is 2.31. The van der Waals surface area contributed by atoms with Crippen LogP contribution in [0.4, 0.5) is 0 Å². The normalized spacial score (nSPS) is 12.5. The van der Waals surface area contributed by atoms with E-state index in [2.05, 4.69) is 21.2 Å². The molecule has 72 valence electrons. The molecular weight excluding hydrogens is 234 g/mol. The van der Waals surface area contributed by atoms with Crippen molar-refractivity contribution in [3.8, 4) is 0 Å². The molecule has 4 heteroatoms. The summed E-state index contributed by atoms with van der Waals surface area (Å²) in [5.74, 6) is 0.767. The maximum absolute atomic E-state index is 11.3. The molecule has 1 amide bonds. The summed E-state index contributed by atoms with van der Waals surface area (Å²) in [6, 6.07) is 3.63. The van der Waals surface area contributed by atoms with Crippen molar-refractivity contribution in [2.24, 2.45) is 0 Å². The summed E-state index contributed by atoms with van der Waals surface area (Å²) in [5.41, 5.74) is 0. The highest BCUT2D eigenvalue weighted by atomic mass is 79.9. The van der Waals surface area contributed by atoms with Crippen molar-refractivity contribution in [1.29, 1.82) is 0 Å². The zero-order valence-corrected chi connectivity index (χ0v) is 9.00. The lowest BCUT2D eigenvalue weighted by Crippen LogP contribution is -2.29. The van der Waals surface area contributed by atoms with Gasteiger partial charge in [0.15, 0.2) is 0 Å². The summed E-state index contributed by atoms with van der Waals surface area (Å²) >= 11 is 3.26. The van der Waals surface area contributed by atoms with Crippen LogP contribution in [0.1, 0.15) is 19.1 Å². The van der Waals surface area contributed by atoms with Crippen molar-refractivity contribution in [1.82, 2.24) is 5.32 Å². The van der Waals surface area contributed by atoms with Gasteiger partial charge in [-0.05, 0) is 18.6 Å². The summed E-state index contributed by atoms with van der Waals surface area (Å²) in [4.78, 5) is 11.2. The molecule has 0 spiro atoms. The first-order chi connectivity index (χ1) is 6.24. The molecule has 0 unspecified atom stereocenters. The van der Waals surface area contributed by atoms with Crippen molar-refractivity contribution in [3.63, 3.8) is 0 Å². The Kier molecular flexibility index (Phi) is 4.02. The molecule has 0 radical (unpaired) electrons. The highest BCUT2D eigenvalue weighted by molar-refractivity contribution is 9.10. The number of carbonyl (C=O) groups excluding carboxylic acids is 1. The van der Waals surface area contributed by atoms with Crippen molar-refractivity contribution in [2.45, 2.75) is 24.7 Å². The first-order valence-electron chi connectivity index (χ1n) is 4.18. The smallest absolute Gasteiger partial charge is 0.234 e. The van der Waals surface area contributed by atoms with E-state index in [-0.39, 0.29) is 10.7 Å². The molecule has 1 heterocycles. The number of carbonyl (C=O) groups is 1. The molecule has 0 aliphatic rings. The predicted octanol–water partition coefficient (Wildman–Crippen LogP) is 2.07. The second kappa shape index (κ2) is 5.07. The Morgan fingerprint density at radius 1 is 1.77 bits per heavy atom. The van der Waals surface area contributed by atoms with Gasteiger partial charge in [-0.2, -0.15) is 0 Å². The third kappa shape index (κ3) is 3.22. The predicted molar refractivity (Wildman–Crippen MR) is 53.6 cm³/mol. The zero-order chi connectivity index (χ0) is 9.68. The molecule has 0 saturated carbocycles. The SMILES string of the molecule is CC[C@@H](Br)C(=O)NCc1ccco1. The van der Waals surface area contributed by atoms with E-state index in [0.717, 1.165) is 12.2 Å². The van der Waals surface area contributed by atoms with Crippen molar-refractivity contribution >= 4 is 21.8 Å². The van der Waals surface area contributed by atoms with Crippen LogP contribution in [-0.2, 0) is 11.3 Å². The fraction of sp³-hybridized carbons (Fsp3) is 0.444. The fourth-order valence-electron chi connectivity index (χ4n) is 0.884. The molecule has 1 rings (SSSR count). The molecule has 13 heavy (non-hydrogen) atoms. The van der Waals surface area contributed by atoms with Crippen LogP contribution < -0.4 is 5.32 Å². The van der Waals surface area contributed by atoms with Gasteiger partial charge in [-0.25, -0.2) is 0 Å². The van der Waals surface area contributed by atoms with Gasteiger partial charge >= 0.3 is 0 Å². The van der Waals surface area contributed by atoms with Crippen LogP contribution >= 0.6 is 15.9 Å². The maximum atomic E-state index is 11.3. The van der Waals surface area contributed by atoms with E-state index in [1.165, 1.54) is 0 Å². The van der Waals surface area contributed by atoms with Gasteiger partial charge in [0.1, 0.15) is 5.76 Å². The Morgan fingerprint density at radius 2 is 2.54 bits per heavy atom. The number of rotatable bonds is 4. The monoisotopic (exact) mass is 245 g/mol. The molecule has 0 saturated heterocycles. The Hall–Kier alpha value is -0.770. The van der Waals surface area contributed by atoms with Crippen LogP contribution in [-0.4, -0.2) is 10.7 Å². The van der Waals surface area contributed by atoms with Crippen LogP contribution in [0.5, 0.6) is 0 Å². The third-order valence-corrected chi connectivity index (χ3v) is 2.72. The number of hydrogen-bond acceptors (Lipinski definition) is 2. The second-order valence-electron chi connectivity index (χ2n) is 2.67. The van der Waals surface area contributed by atoms with Gasteiger partial charge in [-0.15, -0.1) is 0 Å². The zero-order valence-electron chi connectivity index (χ0n) is 7.42. The van der Waals surface area contributed by atoms with Gasteiger partial charge in [0, 0.05) is 0 Å². The summed E-state index contributed by atoms with van der Waals surface area (Å²) in [7, 11) is 0. The largest absolute Gasteiger partial charge is 0.467 e. The Labute approximate surface area is 85.6 Å². The van der Waals surface area contributed by atoms with Crippen molar-refractivity contribution in [2.75, 3.05) is 0 Å². The van der Waals surface area contributed by atoms with Crippen LogP contribution in [0.3, 0.4) is 0 Å². The first-order valence-corrected chi connectivity index (χ1v) is 5.09. The minimum Gasteiger partial charge on any atom is -0.467 e. The molecule has 0 aliphatic carbocycles. The molecule has 1 N–H and O–H groups in total. The molecule has 1 aromatic heterocycles. The van der Waals surface area contributed by atoms with E-state index < -0.39 is 0 Å². The molecule has 3 nitrogen and oxygen atoms in total. The van der Waals surface area contributed by atoms with E-state index in [9.17, 15) is 4.79 Å². The fourth-order valence-corrected chi connectivity index (χ4v) is 1.05. The molecular formula is C9H12BrNO2. The van der Waals surface area contributed by atoms with Crippen LogP contribution in [0.15, 0.2) is 22.8 Å². The summed E-state index contributed by atoms with van der Waals surface area (Å²) in [6.45, 7) is 2.40. The summed E-state index contributed by atoms with van der Waals surface area (Å²) in [6.07, 6.45) is 2.37. The average Bonchev–Trinajstić information content (AvgIpc) is 2.65. The number of furan rings is 1. The standard InChI is InChI=1S/C9H12BrNO2/c1-2-8(10)9(12)11-6-7-4-3-5-13-7/h3-5,8H,2,6H2,1H3,(H,11,12)/t8-/m1/s1. The molecule has 1 aromatic rings. The maximum Gasteiger partial charge on any atom is 0.234 e. The van der Waals surface area contributed by atoms with Gasteiger partial charge in [0.2, 0.25) is 5.91 Å². The van der Waals surface area contributed by atoms with Crippen molar-refractivity contribution in [3.05, 3.63) is 24.2 Å². The van der Waals surface area contributed by atoms with E-state index in [0.29, 0.717) is 6.54 Å². The topological polar surface area (TPSA) is 42.2 Å². The van der Waals surface area contributed by atoms with Crippen LogP contribution in [0.2, 0.25) is 0 Å². The molecule has 0 fully saturated rings. The van der Waals surface area contributed by atoms with E-state index >= 15 is 0 Å². The van der Waals surface area contributed by atoms with Gasteiger partial charge in [0.05, 0.1) is 17.6 Å². The minimum atomic E-state index is -0.109. The Morgan fingerprint density at radius 3 is 3.08 bits per heavy atom. The average molecular weight is 246 g/mol. The van der Waals surface area contributed by atoms with Gasteiger partial charge in [-0.1, -0.05) is 22.9 Å².